The minimum atomic E-state index is -4.40. The fourth-order valence-corrected chi connectivity index (χ4v) is 3.02. The number of rotatable bonds is 3. The minimum Gasteiger partial charge on any atom is -0.481 e. The Morgan fingerprint density at radius 1 is 1.24 bits per heavy atom. The third-order valence-corrected chi connectivity index (χ3v) is 4.37. The van der Waals surface area contributed by atoms with Crippen LogP contribution in [0.1, 0.15) is 37.4 Å². The van der Waals surface area contributed by atoms with Crippen LogP contribution < -0.4 is 5.32 Å². The molecule has 1 heterocycles. The van der Waals surface area contributed by atoms with E-state index in [0.717, 1.165) is 12.1 Å². The second-order valence-electron chi connectivity index (χ2n) is 6.57. The molecule has 8 heteroatoms. The van der Waals surface area contributed by atoms with Crippen LogP contribution >= 0.6 is 0 Å². The molecule has 0 aliphatic carbocycles. The van der Waals surface area contributed by atoms with Gasteiger partial charge in [-0.1, -0.05) is 19.1 Å². The third kappa shape index (κ3) is 4.87. The zero-order valence-electron chi connectivity index (χ0n) is 14.0. The zero-order chi connectivity index (χ0) is 18.8. The summed E-state index contributed by atoms with van der Waals surface area (Å²) < 4.78 is 37.8. The number of aliphatic carboxylic acids is 1. The van der Waals surface area contributed by atoms with E-state index in [1.807, 2.05) is 6.92 Å². The van der Waals surface area contributed by atoms with E-state index in [9.17, 15) is 22.8 Å². The quantitative estimate of drug-likeness (QED) is 0.869. The largest absolute Gasteiger partial charge is 0.481 e. The first-order valence-electron chi connectivity index (χ1n) is 8.03. The highest BCUT2D eigenvalue weighted by Crippen LogP contribution is 2.30. The molecule has 2 amide bonds. The van der Waals surface area contributed by atoms with Crippen molar-refractivity contribution >= 4 is 12.0 Å². The molecule has 3 atom stereocenters. The van der Waals surface area contributed by atoms with E-state index >= 15 is 0 Å². The predicted octanol–water partition coefficient (Wildman–Crippen LogP) is 3.52. The maximum atomic E-state index is 12.6. The van der Waals surface area contributed by atoms with Crippen LogP contribution in [0, 0.1) is 11.8 Å². The van der Waals surface area contributed by atoms with Crippen LogP contribution in [0.15, 0.2) is 24.3 Å². The van der Waals surface area contributed by atoms with Crippen molar-refractivity contribution in [3.05, 3.63) is 35.4 Å². The average molecular weight is 358 g/mol. The first-order valence-corrected chi connectivity index (χ1v) is 8.03. The van der Waals surface area contributed by atoms with Crippen molar-refractivity contribution in [1.29, 1.82) is 0 Å². The normalized spacial score (nSPS) is 22.4. The molecule has 1 aliphatic heterocycles. The van der Waals surface area contributed by atoms with Gasteiger partial charge in [0, 0.05) is 13.1 Å². The van der Waals surface area contributed by atoms with E-state index in [2.05, 4.69) is 5.32 Å². The van der Waals surface area contributed by atoms with Crippen molar-refractivity contribution in [3.63, 3.8) is 0 Å². The lowest BCUT2D eigenvalue weighted by atomic mass is 9.91. The Morgan fingerprint density at radius 2 is 1.84 bits per heavy atom. The summed E-state index contributed by atoms with van der Waals surface area (Å²) in [6.45, 7) is 4.14. The molecular formula is C17H21F3N2O3. The number of urea groups is 1. The SMILES string of the molecule is CC1CC(C(=O)O)CN(C(=O)N[C@H](C)c2ccc(C(F)(F)F)cc2)C1. The number of likely N-dealkylation sites (tertiary alicyclic amines) is 1. The Balaban J connectivity index is 2.00. The fourth-order valence-electron chi connectivity index (χ4n) is 3.02. The topological polar surface area (TPSA) is 69.6 Å². The van der Waals surface area contributed by atoms with Gasteiger partial charge in [0.1, 0.15) is 0 Å². The summed E-state index contributed by atoms with van der Waals surface area (Å²) in [5.41, 5.74) is -0.204. The molecule has 2 unspecified atom stereocenters. The first-order chi connectivity index (χ1) is 11.6. The fraction of sp³-hybridized carbons (Fsp3) is 0.529. The number of nitrogens with one attached hydrogen (secondary N) is 1. The van der Waals surface area contributed by atoms with E-state index in [4.69, 9.17) is 5.11 Å². The number of hydrogen-bond acceptors (Lipinski definition) is 2. The zero-order valence-corrected chi connectivity index (χ0v) is 14.0. The molecule has 138 valence electrons. The molecular weight excluding hydrogens is 337 g/mol. The van der Waals surface area contributed by atoms with Crippen molar-refractivity contribution in [1.82, 2.24) is 10.2 Å². The van der Waals surface area contributed by atoms with Gasteiger partial charge < -0.3 is 15.3 Å². The summed E-state index contributed by atoms with van der Waals surface area (Å²) in [6, 6.07) is 3.70. The van der Waals surface area contributed by atoms with E-state index in [-0.39, 0.29) is 12.5 Å². The Bertz CT molecular complexity index is 631. The standard InChI is InChI=1S/C17H21F3N2O3/c1-10-7-13(15(23)24)9-22(8-10)16(25)21-11(2)12-3-5-14(6-4-12)17(18,19)20/h3-6,10-11,13H,7-9H2,1-2H3,(H,21,25)(H,23,24)/t10?,11-,13?/m1/s1. The third-order valence-electron chi connectivity index (χ3n) is 4.37. The lowest BCUT2D eigenvalue weighted by Gasteiger charge is -2.35. The van der Waals surface area contributed by atoms with Gasteiger partial charge in [0.25, 0.3) is 0 Å². The Hall–Kier alpha value is -2.25. The van der Waals surface area contributed by atoms with Crippen molar-refractivity contribution in [2.75, 3.05) is 13.1 Å². The first kappa shape index (κ1) is 19.1. The number of benzene rings is 1. The molecule has 1 aliphatic rings. The molecule has 1 fully saturated rings. The summed E-state index contributed by atoms with van der Waals surface area (Å²) in [4.78, 5) is 25.0. The highest BCUT2D eigenvalue weighted by molar-refractivity contribution is 5.77. The van der Waals surface area contributed by atoms with Crippen molar-refractivity contribution < 1.29 is 27.9 Å². The van der Waals surface area contributed by atoms with Crippen molar-refractivity contribution in [2.24, 2.45) is 11.8 Å². The summed E-state index contributed by atoms with van der Waals surface area (Å²) in [6.07, 6.45) is -3.88. The van der Waals surface area contributed by atoms with Crippen LogP contribution in [-0.4, -0.2) is 35.1 Å². The summed E-state index contributed by atoms with van der Waals surface area (Å²) in [5.74, 6) is -1.46. The maximum Gasteiger partial charge on any atom is 0.416 e. The molecule has 25 heavy (non-hydrogen) atoms. The van der Waals surface area contributed by atoms with Crippen LogP contribution in [0.4, 0.5) is 18.0 Å². The summed E-state index contributed by atoms with van der Waals surface area (Å²) >= 11 is 0. The number of carbonyl (C=O) groups excluding carboxylic acids is 1. The number of piperidine rings is 1. The highest BCUT2D eigenvalue weighted by atomic mass is 19.4. The molecule has 0 aromatic heterocycles. The molecule has 1 saturated heterocycles. The molecule has 0 saturated carbocycles. The van der Waals surface area contributed by atoms with Gasteiger partial charge in [-0.15, -0.1) is 0 Å². The molecule has 5 nitrogen and oxygen atoms in total. The van der Waals surface area contributed by atoms with Gasteiger partial charge in [-0.25, -0.2) is 4.79 Å². The summed E-state index contributed by atoms with van der Waals surface area (Å²) in [5, 5.41) is 11.9. The molecule has 1 aromatic carbocycles. The number of amides is 2. The van der Waals surface area contributed by atoms with Crippen molar-refractivity contribution in [2.45, 2.75) is 32.5 Å². The van der Waals surface area contributed by atoms with Crippen LogP contribution in [0.3, 0.4) is 0 Å². The van der Waals surface area contributed by atoms with E-state index in [1.54, 1.807) is 6.92 Å². The Labute approximate surface area is 143 Å². The predicted molar refractivity (Wildman–Crippen MR) is 84.9 cm³/mol. The molecule has 2 rings (SSSR count). The van der Waals surface area contributed by atoms with Gasteiger partial charge in [0.05, 0.1) is 17.5 Å². The molecule has 2 N–H and O–H groups in total. The smallest absolute Gasteiger partial charge is 0.416 e. The van der Waals surface area contributed by atoms with Crippen LogP contribution in [0.2, 0.25) is 0 Å². The highest BCUT2D eigenvalue weighted by Gasteiger charge is 2.33. The summed E-state index contributed by atoms with van der Waals surface area (Å²) in [7, 11) is 0. The van der Waals surface area contributed by atoms with Crippen LogP contribution in [0.5, 0.6) is 0 Å². The Kier molecular flexibility index (Phi) is 5.59. The van der Waals surface area contributed by atoms with Crippen molar-refractivity contribution in [3.8, 4) is 0 Å². The van der Waals surface area contributed by atoms with Gasteiger partial charge in [0.2, 0.25) is 0 Å². The lowest BCUT2D eigenvalue weighted by molar-refractivity contribution is -0.143. The number of carbonyl (C=O) groups is 2. The van der Waals surface area contributed by atoms with Gasteiger partial charge in [-0.3, -0.25) is 4.79 Å². The number of carboxylic acids is 1. The number of alkyl halides is 3. The molecule has 0 radical (unpaired) electrons. The monoisotopic (exact) mass is 358 g/mol. The minimum absolute atomic E-state index is 0.0713. The van der Waals surface area contributed by atoms with Gasteiger partial charge >= 0.3 is 18.2 Å². The number of nitrogens with zero attached hydrogens (tertiary/aromatic N) is 1. The van der Waals surface area contributed by atoms with E-state index in [1.165, 1.54) is 17.0 Å². The number of halogens is 3. The van der Waals surface area contributed by atoms with Gasteiger partial charge in [0.15, 0.2) is 0 Å². The maximum absolute atomic E-state index is 12.6. The molecule has 0 bridgehead atoms. The van der Waals surface area contributed by atoms with Gasteiger partial charge in [-0.2, -0.15) is 13.2 Å². The van der Waals surface area contributed by atoms with E-state index < -0.39 is 35.7 Å². The molecule has 0 spiro atoms. The average Bonchev–Trinajstić information content (AvgIpc) is 2.53. The second kappa shape index (κ2) is 7.33. The number of carboxylic acid groups (broad SMARTS) is 1. The lowest BCUT2D eigenvalue weighted by Crippen LogP contribution is -2.49. The Morgan fingerprint density at radius 3 is 2.36 bits per heavy atom. The number of hydrogen-bond donors (Lipinski definition) is 2. The van der Waals surface area contributed by atoms with Gasteiger partial charge in [-0.05, 0) is 37.0 Å². The van der Waals surface area contributed by atoms with Crippen LogP contribution in [-0.2, 0) is 11.0 Å². The molecule has 1 aromatic rings. The van der Waals surface area contributed by atoms with Crippen LogP contribution in [0.25, 0.3) is 0 Å². The van der Waals surface area contributed by atoms with E-state index in [0.29, 0.717) is 18.5 Å². The second-order valence-corrected chi connectivity index (χ2v) is 6.57.